The van der Waals surface area contributed by atoms with Crippen molar-refractivity contribution >= 4 is 68.4 Å². The highest BCUT2D eigenvalue weighted by Crippen LogP contribution is 2.38. The summed E-state index contributed by atoms with van der Waals surface area (Å²) in [6.07, 6.45) is 1.50. The Morgan fingerprint density at radius 3 is 2.46 bits per heavy atom. The van der Waals surface area contributed by atoms with Gasteiger partial charge in [-0.15, -0.1) is 0 Å². The monoisotopic (exact) mass is 570 g/mol. The van der Waals surface area contributed by atoms with Gasteiger partial charge in [-0.2, -0.15) is 0 Å². The van der Waals surface area contributed by atoms with Crippen LogP contribution in [0.5, 0.6) is 11.5 Å². The minimum absolute atomic E-state index is 0.000295. The first-order valence-corrected chi connectivity index (χ1v) is 12.3. The van der Waals surface area contributed by atoms with Crippen molar-refractivity contribution in [2.24, 2.45) is 0 Å². The number of carbonyl (C=O) groups is 2. The normalized spacial score (nSPS) is 14.8. The molecule has 35 heavy (non-hydrogen) atoms. The van der Waals surface area contributed by atoms with E-state index in [2.05, 4.69) is 21.2 Å². The summed E-state index contributed by atoms with van der Waals surface area (Å²) in [7, 11) is 0. The summed E-state index contributed by atoms with van der Waals surface area (Å²) in [6.45, 7) is 2.63. The molecule has 0 atom stereocenters. The summed E-state index contributed by atoms with van der Waals surface area (Å²) >= 11 is 14.7. The van der Waals surface area contributed by atoms with E-state index >= 15 is 0 Å². The highest BCUT2D eigenvalue weighted by Gasteiger charge is 2.34. The number of thiocarbonyl (C=S) groups is 1. The van der Waals surface area contributed by atoms with E-state index in [9.17, 15) is 9.59 Å². The molecule has 0 radical (unpaired) electrons. The van der Waals surface area contributed by atoms with Crippen LogP contribution in [-0.4, -0.2) is 23.5 Å². The Morgan fingerprint density at radius 1 is 1.06 bits per heavy atom. The quantitative estimate of drug-likeness (QED) is 0.217. The van der Waals surface area contributed by atoms with Crippen molar-refractivity contribution in [3.8, 4) is 11.5 Å². The Kier molecular flexibility index (Phi) is 7.85. The molecule has 6 nitrogen and oxygen atoms in total. The van der Waals surface area contributed by atoms with Crippen molar-refractivity contribution in [1.29, 1.82) is 0 Å². The van der Waals surface area contributed by atoms with Gasteiger partial charge in [-0.05, 0) is 88.7 Å². The zero-order valence-electron chi connectivity index (χ0n) is 18.6. The van der Waals surface area contributed by atoms with E-state index < -0.39 is 11.8 Å². The summed E-state index contributed by atoms with van der Waals surface area (Å²) in [4.78, 5) is 27.2. The summed E-state index contributed by atoms with van der Waals surface area (Å²) in [5.41, 5.74) is 2.02. The average molecular weight is 572 g/mol. The van der Waals surface area contributed by atoms with Crippen LogP contribution in [0.4, 0.5) is 5.69 Å². The minimum Gasteiger partial charge on any atom is -0.490 e. The standard InChI is InChI=1S/C26H20BrClN2O4S/c1-2-33-22-14-17(13-21(27)23(22)34-15-16-6-4-3-5-7-16)12-20-24(31)29-26(35)30(25(20)32)19-10-8-18(28)9-11-19/h3-14H,2,15H2,1H3,(H,29,31,35)/b20-12+. The van der Waals surface area contributed by atoms with Crippen LogP contribution in [0.3, 0.4) is 0 Å². The predicted octanol–water partition coefficient (Wildman–Crippen LogP) is 5.91. The fourth-order valence-electron chi connectivity index (χ4n) is 3.45. The summed E-state index contributed by atoms with van der Waals surface area (Å²) < 4.78 is 12.4. The van der Waals surface area contributed by atoms with Gasteiger partial charge in [0.15, 0.2) is 16.6 Å². The van der Waals surface area contributed by atoms with Crippen LogP contribution in [0.15, 0.2) is 76.8 Å². The van der Waals surface area contributed by atoms with Crippen molar-refractivity contribution in [3.05, 3.63) is 92.9 Å². The van der Waals surface area contributed by atoms with Gasteiger partial charge in [0.2, 0.25) is 0 Å². The molecule has 4 rings (SSSR count). The van der Waals surface area contributed by atoms with Crippen molar-refractivity contribution in [3.63, 3.8) is 0 Å². The van der Waals surface area contributed by atoms with E-state index in [-0.39, 0.29) is 10.7 Å². The molecule has 0 unspecified atom stereocenters. The van der Waals surface area contributed by atoms with Crippen molar-refractivity contribution < 1.29 is 19.1 Å². The van der Waals surface area contributed by atoms with E-state index in [1.54, 1.807) is 36.4 Å². The Bertz CT molecular complexity index is 1310. The van der Waals surface area contributed by atoms with E-state index in [1.807, 2.05) is 37.3 Å². The molecule has 0 aromatic heterocycles. The summed E-state index contributed by atoms with van der Waals surface area (Å²) in [5, 5.41) is 3.10. The lowest BCUT2D eigenvalue weighted by atomic mass is 10.1. The molecule has 1 saturated heterocycles. The van der Waals surface area contributed by atoms with Crippen LogP contribution >= 0.6 is 39.7 Å². The number of nitrogens with one attached hydrogen (secondary N) is 1. The Balaban J connectivity index is 1.66. The predicted molar refractivity (Wildman–Crippen MR) is 144 cm³/mol. The van der Waals surface area contributed by atoms with Crippen LogP contribution in [-0.2, 0) is 16.2 Å². The summed E-state index contributed by atoms with van der Waals surface area (Å²) in [5.74, 6) is -0.108. The fourth-order valence-corrected chi connectivity index (χ4v) is 4.43. The van der Waals surface area contributed by atoms with Gasteiger partial charge in [-0.1, -0.05) is 41.9 Å². The number of benzene rings is 3. The van der Waals surface area contributed by atoms with Crippen LogP contribution < -0.4 is 19.7 Å². The first-order valence-electron chi connectivity index (χ1n) is 10.7. The fraction of sp³-hybridized carbons (Fsp3) is 0.115. The molecule has 9 heteroatoms. The lowest BCUT2D eigenvalue weighted by Crippen LogP contribution is -2.54. The zero-order valence-corrected chi connectivity index (χ0v) is 21.7. The molecule has 0 aliphatic carbocycles. The molecule has 1 fully saturated rings. The minimum atomic E-state index is -0.580. The highest BCUT2D eigenvalue weighted by atomic mass is 79.9. The van der Waals surface area contributed by atoms with E-state index in [0.717, 1.165) is 5.56 Å². The Hall–Kier alpha value is -3.20. The molecular weight excluding hydrogens is 552 g/mol. The number of carbonyl (C=O) groups excluding carboxylic acids is 2. The van der Waals surface area contributed by atoms with Crippen LogP contribution in [0.2, 0.25) is 5.02 Å². The Labute approximate surface area is 221 Å². The molecule has 1 N–H and O–H groups in total. The number of amides is 2. The van der Waals surface area contributed by atoms with Crippen LogP contribution in [0.25, 0.3) is 6.08 Å². The maximum atomic E-state index is 13.3. The number of anilines is 1. The number of rotatable bonds is 7. The van der Waals surface area contributed by atoms with Crippen molar-refractivity contribution in [2.45, 2.75) is 13.5 Å². The molecule has 1 heterocycles. The molecule has 3 aromatic rings. The van der Waals surface area contributed by atoms with Crippen molar-refractivity contribution in [1.82, 2.24) is 5.32 Å². The molecule has 3 aromatic carbocycles. The maximum absolute atomic E-state index is 13.3. The van der Waals surface area contributed by atoms with E-state index in [1.165, 1.54) is 11.0 Å². The van der Waals surface area contributed by atoms with E-state index in [0.29, 0.717) is 45.5 Å². The molecule has 0 saturated carbocycles. The zero-order chi connectivity index (χ0) is 24.9. The second-order valence-corrected chi connectivity index (χ2v) is 9.15. The molecule has 2 amide bonds. The van der Waals surface area contributed by atoms with Gasteiger partial charge >= 0.3 is 0 Å². The SMILES string of the molecule is CCOc1cc(/C=C2\C(=O)NC(=S)N(c3ccc(Cl)cc3)C2=O)cc(Br)c1OCc1ccccc1. The molecular formula is C26H20BrClN2O4S. The Morgan fingerprint density at radius 2 is 1.77 bits per heavy atom. The van der Waals surface area contributed by atoms with Gasteiger partial charge in [-0.3, -0.25) is 19.8 Å². The lowest BCUT2D eigenvalue weighted by Gasteiger charge is -2.29. The number of hydrogen-bond donors (Lipinski definition) is 1. The average Bonchev–Trinajstić information content (AvgIpc) is 2.83. The van der Waals surface area contributed by atoms with Gasteiger partial charge in [0, 0.05) is 5.02 Å². The van der Waals surface area contributed by atoms with Gasteiger partial charge < -0.3 is 9.47 Å². The molecule has 0 bridgehead atoms. The second-order valence-electron chi connectivity index (χ2n) is 7.47. The largest absolute Gasteiger partial charge is 0.490 e. The molecule has 1 aliphatic heterocycles. The first-order chi connectivity index (χ1) is 16.9. The van der Waals surface area contributed by atoms with Gasteiger partial charge in [0.1, 0.15) is 12.2 Å². The van der Waals surface area contributed by atoms with Gasteiger partial charge in [0.25, 0.3) is 11.8 Å². The smallest absolute Gasteiger partial charge is 0.270 e. The lowest BCUT2D eigenvalue weighted by molar-refractivity contribution is -0.122. The van der Waals surface area contributed by atoms with Gasteiger partial charge in [-0.25, -0.2) is 0 Å². The van der Waals surface area contributed by atoms with Crippen LogP contribution in [0, 0.1) is 0 Å². The first kappa shape index (κ1) is 24.9. The highest BCUT2D eigenvalue weighted by molar-refractivity contribution is 9.10. The molecule has 1 aliphatic rings. The molecule has 0 spiro atoms. The third-order valence-corrected chi connectivity index (χ3v) is 6.18. The number of hydrogen-bond acceptors (Lipinski definition) is 5. The third kappa shape index (κ3) is 5.73. The number of halogens is 2. The van der Waals surface area contributed by atoms with Gasteiger partial charge in [0.05, 0.1) is 16.8 Å². The van der Waals surface area contributed by atoms with Crippen LogP contribution in [0.1, 0.15) is 18.1 Å². The topological polar surface area (TPSA) is 67.9 Å². The van der Waals surface area contributed by atoms with Crippen molar-refractivity contribution in [2.75, 3.05) is 11.5 Å². The summed E-state index contributed by atoms with van der Waals surface area (Å²) in [6, 6.07) is 19.9. The number of nitrogens with zero attached hydrogens (tertiary/aromatic N) is 1. The number of ether oxygens (including phenoxy) is 2. The molecule has 178 valence electrons. The second kappa shape index (κ2) is 11.0. The van der Waals surface area contributed by atoms with E-state index in [4.69, 9.17) is 33.3 Å². The maximum Gasteiger partial charge on any atom is 0.270 e. The third-order valence-electron chi connectivity index (χ3n) is 5.06.